The largest absolute Gasteiger partial charge is 0.355 e. The lowest BCUT2D eigenvalue weighted by atomic mass is 9.84. The summed E-state index contributed by atoms with van der Waals surface area (Å²) in [6, 6.07) is 6.84. The van der Waals surface area contributed by atoms with E-state index < -0.39 is 0 Å². The summed E-state index contributed by atoms with van der Waals surface area (Å²) >= 11 is 1.65. The minimum atomic E-state index is -0.153. The Bertz CT molecular complexity index is 492. The normalized spacial score (nSPS) is 17.0. The third kappa shape index (κ3) is 6.51. The number of hydrogen-bond acceptors (Lipinski definition) is 3. The van der Waals surface area contributed by atoms with Crippen molar-refractivity contribution in [3.8, 4) is 0 Å². The monoisotopic (exact) mass is 338 g/mol. The van der Waals surface area contributed by atoms with E-state index in [1.807, 2.05) is 12.1 Å². The Kier molecular flexibility index (Phi) is 7.89. The van der Waals surface area contributed by atoms with Gasteiger partial charge in [0.2, 0.25) is 5.91 Å². The van der Waals surface area contributed by atoms with Crippen LogP contribution in [-0.4, -0.2) is 31.3 Å². The molecule has 0 aromatic heterocycles. The first-order valence-corrected chi connectivity index (χ1v) is 9.61. The van der Waals surface area contributed by atoms with Crippen molar-refractivity contribution < 1.29 is 9.18 Å². The van der Waals surface area contributed by atoms with Crippen LogP contribution in [0, 0.1) is 17.7 Å². The number of piperidine rings is 1. The van der Waals surface area contributed by atoms with Crippen LogP contribution in [0.4, 0.5) is 4.39 Å². The molecular weight excluding hydrogens is 311 g/mol. The van der Waals surface area contributed by atoms with Crippen molar-refractivity contribution in [3.63, 3.8) is 0 Å². The highest BCUT2D eigenvalue weighted by Crippen LogP contribution is 2.24. The number of carbonyl (C=O) groups excluding carboxylic acids is 1. The Morgan fingerprint density at radius 2 is 2.13 bits per heavy atom. The maximum absolute atomic E-state index is 13.5. The van der Waals surface area contributed by atoms with Gasteiger partial charge in [0.15, 0.2) is 0 Å². The number of hydrogen-bond donors (Lipinski definition) is 2. The molecule has 2 N–H and O–H groups in total. The molecule has 0 spiro atoms. The molecular formula is C18H27FN2OS. The standard InChI is InChI=1S/C18H27FN2OS/c1-14(15-6-8-20-9-7-15)12-18(22)21-10-11-23-13-16-4-2-3-5-17(16)19/h2-5,14-15,20H,6-13H2,1H3,(H,21,22). The highest BCUT2D eigenvalue weighted by molar-refractivity contribution is 7.98. The third-order valence-corrected chi connectivity index (χ3v) is 5.49. The Balaban J connectivity index is 1.57. The maximum Gasteiger partial charge on any atom is 0.220 e. The zero-order valence-corrected chi connectivity index (χ0v) is 14.6. The van der Waals surface area contributed by atoms with E-state index in [0.717, 1.165) is 24.4 Å². The highest BCUT2D eigenvalue weighted by Gasteiger charge is 2.21. The average Bonchev–Trinajstić information content (AvgIpc) is 2.57. The summed E-state index contributed by atoms with van der Waals surface area (Å²) in [6.07, 6.45) is 2.96. The number of halogens is 1. The van der Waals surface area contributed by atoms with Gasteiger partial charge in [-0.25, -0.2) is 4.39 Å². The van der Waals surface area contributed by atoms with Crippen molar-refractivity contribution in [1.29, 1.82) is 0 Å². The van der Waals surface area contributed by atoms with Crippen LogP contribution in [0.25, 0.3) is 0 Å². The second-order valence-electron chi connectivity index (χ2n) is 6.26. The molecule has 1 amide bonds. The molecule has 2 rings (SSSR count). The van der Waals surface area contributed by atoms with Crippen molar-refractivity contribution in [1.82, 2.24) is 10.6 Å². The zero-order valence-electron chi connectivity index (χ0n) is 13.8. The first kappa shape index (κ1) is 18.3. The molecule has 1 unspecified atom stereocenters. The van der Waals surface area contributed by atoms with E-state index >= 15 is 0 Å². The third-order valence-electron chi connectivity index (χ3n) is 4.48. The van der Waals surface area contributed by atoms with Gasteiger partial charge in [-0.1, -0.05) is 25.1 Å². The highest BCUT2D eigenvalue weighted by atomic mass is 32.2. The Morgan fingerprint density at radius 1 is 1.39 bits per heavy atom. The molecule has 1 aliphatic heterocycles. The van der Waals surface area contributed by atoms with E-state index in [9.17, 15) is 9.18 Å². The number of rotatable bonds is 8. The Labute approximate surface area is 142 Å². The van der Waals surface area contributed by atoms with Gasteiger partial charge in [0.25, 0.3) is 0 Å². The Hall–Kier alpha value is -1.07. The van der Waals surface area contributed by atoms with E-state index in [4.69, 9.17) is 0 Å². The van der Waals surface area contributed by atoms with Crippen LogP contribution in [0.15, 0.2) is 24.3 Å². The molecule has 1 aromatic rings. The minimum absolute atomic E-state index is 0.141. The summed E-state index contributed by atoms with van der Waals surface area (Å²) in [5, 5.41) is 6.34. The summed E-state index contributed by atoms with van der Waals surface area (Å²) in [6.45, 7) is 4.98. The van der Waals surface area contributed by atoms with Gasteiger partial charge in [-0.15, -0.1) is 0 Å². The van der Waals surface area contributed by atoms with Crippen molar-refractivity contribution in [2.45, 2.75) is 31.9 Å². The van der Waals surface area contributed by atoms with Gasteiger partial charge in [-0.3, -0.25) is 4.79 Å². The lowest BCUT2D eigenvalue weighted by Gasteiger charge is -2.27. The average molecular weight is 338 g/mol. The number of amides is 1. The smallest absolute Gasteiger partial charge is 0.220 e. The second-order valence-corrected chi connectivity index (χ2v) is 7.37. The summed E-state index contributed by atoms with van der Waals surface area (Å²) in [4.78, 5) is 12.0. The molecule has 1 fully saturated rings. The molecule has 0 bridgehead atoms. The van der Waals surface area contributed by atoms with Crippen LogP contribution < -0.4 is 10.6 Å². The van der Waals surface area contributed by atoms with Crippen molar-refractivity contribution in [3.05, 3.63) is 35.6 Å². The van der Waals surface area contributed by atoms with Gasteiger partial charge >= 0.3 is 0 Å². The van der Waals surface area contributed by atoms with Crippen LogP contribution in [-0.2, 0) is 10.5 Å². The summed E-state index contributed by atoms with van der Waals surface area (Å²) < 4.78 is 13.5. The van der Waals surface area contributed by atoms with Crippen LogP contribution >= 0.6 is 11.8 Å². The molecule has 128 valence electrons. The van der Waals surface area contributed by atoms with Crippen LogP contribution in [0.3, 0.4) is 0 Å². The predicted molar refractivity (Wildman–Crippen MR) is 94.9 cm³/mol. The fourth-order valence-electron chi connectivity index (χ4n) is 3.00. The Morgan fingerprint density at radius 3 is 2.87 bits per heavy atom. The SMILES string of the molecule is CC(CC(=O)NCCSCc1ccccc1F)C1CCNCC1. The molecule has 0 saturated carbocycles. The van der Waals surface area contributed by atoms with E-state index in [0.29, 0.717) is 30.6 Å². The van der Waals surface area contributed by atoms with E-state index in [1.54, 1.807) is 17.8 Å². The van der Waals surface area contributed by atoms with E-state index in [1.165, 1.54) is 18.9 Å². The number of thioether (sulfide) groups is 1. The molecule has 1 aliphatic rings. The van der Waals surface area contributed by atoms with Gasteiger partial charge in [0.1, 0.15) is 5.82 Å². The van der Waals surface area contributed by atoms with Gasteiger partial charge < -0.3 is 10.6 Å². The fourth-order valence-corrected chi connectivity index (χ4v) is 3.85. The first-order valence-electron chi connectivity index (χ1n) is 8.45. The maximum atomic E-state index is 13.5. The minimum Gasteiger partial charge on any atom is -0.355 e. The summed E-state index contributed by atoms with van der Waals surface area (Å²) in [5.74, 6) is 2.55. The number of carbonyl (C=O) groups is 1. The lowest BCUT2D eigenvalue weighted by molar-refractivity contribution is -0.122. The van der Waals surface area contributed by atoms with Crippen molar-refractivity contribution >= 4 is 17.7 Å². The van der Waals surface area contributed by atoms with Gasteiger partial charge in [-0.05, 0) is 49.4 Å². The topological polar surface area (TPSA) is 41.1 Å². The van der Waals surface area contributed by atoms with Crippen molar-refractivity contribution in [2.24, 2.45) is 11.8 Å². The van der Waals surface area contributed by atoms with Gasteiger partial charge in [-0.2, -0.15) is 11.8 Å². The van der Waals surface area contributed by atoms with Crippen LogP contribution in [0.1, 0.15) is 31.7 Å². The molecule has 23 heavy (non-hydrogen) atoms. The van der Waals surface area contributed by atoms with Crippen LogP contribution in [0.5, 0.6) is 0 Å². The molecule has 1 atom stereocenters. The zero-order chi connectivity index (χ0) is 16.5. The molecule has 0 aliphatic carbocycles. The number of nitrogens with one attached hydrogen (secondary N) is 2. The summed E-state index contributed by atoms with van der Waals surface area (Å²) in [7, 11) is 0. The summed E-state index contributed by atoms with van der Waals surface area (Å²) in [5.41, 5.74) is 0.725. The predicted octanol–water partition coefficient (Wildman–Crippen LogP) is 3.20. The van der Waals surface area contributed by atoms with E-state index in [-0.39, 0.29) is 11.7 Å². The van der Waals surface area contributed by atoms with Gasteiger partial charge in [0.05, 0.1) is 0 Å². The second kappa shape index (κ2) is 9.93. The first-order chi connectivity index (χ1) is 11.2. The fraction of sp³-hybridized carbons (Fsp3) is 0.611. The lowest BCUT2D eigenvalue weighted by Crippen LogP contribution is -2.34. The molecule has 5 heteroatoms. The van der Waals surface area contributed by atoms with Crippen molar-refractivity contribution in [2.75, 3.05) is 25.4 Å². The molecule has 1 aromatic carbocycles. The van der Waals surface area contributed by atoms with Crippen LogP contribution in [0.2, 0.25) is 0 Å². The quantitative estimate of drug-likeness (QED) is 0.715. The molecule has 1 heterocycles. The van der Waals surface area contributed by atoms with Gasteiger partial charge in [0, 0.05) is 24.5 Å². The van der Waals surface area contributed by atoms with E-state index in [2.05, 4.69) is 17.6 Å². The molecule has 3 nitrogen and oxygen atoms in total. The molecule has 0 radical (unpaired) electrons. The molecule has 1 saturated heterocycles. The number of benzene rings is 1.